The minimum Gasteiger partial charge on any atom is -0.508 e. The van der Waals surface area contributed by atoms with Crippen LogP contribution in [-0.4, -0.2) is 63.5 Å². The Bertz CT molecular complexity index is 1140. The van der Waals surface area contributed by atoms with Crippen molar-refractivity contribution in [1.82, 2.24) is 15.5 Å². The number of rotatable bonds is 15. The molecule has 216 valence electrons. The van der Waals surface area contributed by atoms with E-state index in [1.54, 1.807) is 24.0 Å². The fourth-order valence-electron chi connectivity index (χ4n) is 5.10. The maximum atomic E-state index is 13.5. The molecule has 1 fully saturated rings. The monoisotopic (exact) mass is 551 g/mol. The molecule has 1 aliphatic heterocycles. The second-order valence-corrected chi connectivity index (χ2v) is 10.7. The SMILES string of the molecule is CC(Cc1ccccc1)(NC(=O)[C@@H]1CCCN1C(=O)CCCc1ccc(O)cc1)C(=O)NCCCCCC(=O)O. The molecule has 9 heteroatoms. The summed E-state index contributed by atoms with van der Waals surface area (Å²) in [4.78, 5) is 52.3. The number of nitrogens with zero attached hydrogens (tertiary/aromatic N) is 1. The fourth-order valence-corrected chi connectivity index (χ4v) is 5.10. The Kier molecular flexibility index (Phi) is 11.5. The quantitative estimate of drug-likeness (QED) is 0.250. The van der Waals surface area contributed by atoms with Gasteiger partial charge in [0.05, 0.1) is 0 Å². The van der Waals surface area contributed by atoms with Gasteiger partial charge in [-0.05, 0) is 68.7 Å². The highest BCUT2D eigenvalue weighted by molar-refractivity contribution is 5.94. The Hall–Kier alpha value is -3.88. The molecule has 2 atom stereocenters. The number of carboxylic acids is 1. The molecule has 4 N–H and O–H groups in total. The normalized spacial score (nSPS) is 16.2. The minimum absolute atomic E-state index is 0.0768. The van der Waals surface area contributed by atoms with E-state index >= 15 is 0 Å². The Morgan fingerprint density at radius 2 is 1.65 bits per heavy atom. The average Bonchev–Trinajstić information content (AvgIpc) is 3.42. The van der Waals surface area contributed by atoms with E-state index in [0.29, 0.717) is 58.0 Å². The predicted molar refractivity (Wildman–Crippen MR) is 152 cm³/mol. The van der Waals surface area contributed by atoms with Gasteiger partial charge >= 0.3 is 5.97 Å². The van der Waals surface area contributed by atoms with Gasteiger partial charge in [-0.2, -0.15) is 0 Å². The third kappa shape index (κ3) is 9.39. The summed E-state index contributed by atoms with van der Waals surface area (Å²) in [6.45, 7) is 2.60. The molecular formula is C31H41N3O6. The molecule has 1 saturated heterocycles. The van der Waals surface area contributed by atoms with Crippen LogP contribution in [0.15, 0.2) is 54.6 Å². The molecule has 0 bridgehead atoms. The first kappa shape index (κ1) is 30.7. The molecule has 0 spiro atoms. The summed E-state index contributed by atoms with van der Waals surface area (Å²) in [5, 5.41) is 24.1. The van der Waals surface area contributed by atoms with Gasteiger partial charge in [-0.1, -0.05) is 48.9 Å². The first-order valence-electron chi connectivity index (χ1n) is 14.1. The maximum absolute atomic E-state index is 13.5. The van der Waals surface area contributed by atoms with E-state index in [-0.39, 0.29) is 36.3 Å². The summed E-state index contributed by atoms with van der Waals surface area (Å²) in [6, 6.07) is 15.8. The molecule has 3 rings (SSSR count). The number of carbonyl (C=O) groups excluding carboxylic acids is 3. The minimum atomic E-state index is -1.23. The number of carbonyl (C=O) groups is 4. The number of amides is 3. The van der Waals surface area contributed by atoms with E-state index in [4.69, 9.17) is 5.11 Å². The lowest BCUT2D eigenvalue weighted by Gasteiger charge is -2.33. The van der Waals surface area contributed by atoms with Gasteiger partial charge in [-0.15, -0.1) is 0 Å². The molecule has 0 saturated carbocycles. The highest BCUT2D eigenvalue weighted by atomic mass is 16.4. The third-order valence-corrected chi connectivity index (χ3v) is 7.32. The lowest BCUT2D eigenvalue weighted by Crippen LogP contribution is -2.61. The van der Waals surface area contributed by atoms with Gasteiger partial charge in [0.1, 0.15) is 17.3 Å². The van der Waals surface area contributed by atoms with Crippen LogP contribution in [0.25, 0.3) is 0 Å². The lowest BCUT2D eigenvalue weighted by molar-refractivity contribution is -0.141. The number of hydrogen-bond donors (Lipinski definition) is 4. The number of phenolic OH excluding ortho intramolecular Hbond substituents is 1. The zero-order chi connectivity index (χ0) is 29.0. The Morgan fingerprint density at radius 3 is 2.35 bits per heavy atom. The molecule has 3 amide bonds. The van der Waals surface area contributed by atoms with E-state index in [1.807, 2.05) is 42.5 Å². The summed E-state index contributed by atoms with van der Waals surface area (Å²) in [5.74, 6) is -1.35. The molecule has 2 aromatic rings. The predicted octanol–water partition coefficient (Wildman–Crippen LogP) is 3.58. The van der Waals surface area contributed by atoms with Crippen LogP contribution in [-0.2, 0) is 32.0 Å². The lowest BCUT2D eigenvalue weighted by atomic mass is 9.91. The van der Waals surface area contributed by atoms with Crippen molar-refractivity contribution in [3.8, 4) is 5.75 Å². The highest BCUT2D eigenvalue weighted by Gasteiger charge is 2.40. The molecule has 40 heavy (non-hydrogen) atoms. The van der Waals surface area contributed by atoms with Crippen LogP contribution in [0.1, 0.15) is 69.4 Å². The topological polar surface area (TPSA) is 136 Å². The van der Waals surface area contributed by atoms with Crippen LogP contribution in [0.2, 0.25) is 0 Å². The molecule has 9 nitrogen and oxygen atoms in total. The molecule has 0 radical (unpaired) electrons. The molecule has 0 aliphatic carbocycles. The van der Waals surface area contributed by atoms with Crippen molar-refractivity contribution < 1.29 is 29.4 Å². The standard InChI is InChI=1S/C31H41N3O6/c1-31(22-24-10-4-2-5-11-24,30(40)32-20-7-3-6-15-28(37)38)33-29(39)26-13-9-21-34(26)27(36)14-8-12-23-16-18-25(35)19-17-23/h2,4-5,10-11,16-19,26,35H,3,6-9,12-15,20-22H2,1H3,(H,32,40)(H,33,39)(H,37,38)/t26-,31?/m0/s1. The Morgan fingerprint density at radius 1 is 0.925 bits per heavy atom. The van der Waals surface area contributed by atoms with Gasteiger partial charge in [-0.3, -0.25) is 19.2 Å². The molecule has 1 aliphatic rings. The zero-order valence-corrected chi connectivity index (χ0v) is 23.2. The maximum Gasteiger partial charge on any atom is 0.303 e. The van der Waals surface area contributed by atoms with Crippen LogP contribution in [0, 0.1) is 0 Å². The smallest absolute Gasteiger partial charge is 0.303 e. The summed E-state index contributed by atoms with van der Waals surface area (Å²) in [5.41, 5.74) is 0.705. The van der Waals surface area contributed by atoms with Crippen LogP contribution in [0.3, 0.4) is 0 Å². The number of carboxylic acid groups (broad SMARTS) is 1. The van der Waals surface area contributed by atoms with Gasteiger partial charge in [0.2, 0.25) is 17.7 Å². The van der Waals surface area contributed by atoms with Crippen molar-refractivity contribution in [3.63, 3.8) is 0 Å². The summed E-state index contributed by atoms with van der Waals surface area (Å²) in [6.07, 6.45) is 5.17. The van der Waals surface area contributed by atoms with E-state index < -0.39 is 17.6 Å². The number of aromatic hydroxyl groups is 1. The third-order valence-electron chi connectivity index (χ3n) is 7.32. The molecule has 1 unspecified atom stereocenters. The van der Waals surface area contributed by atoms with Crippen molar-refractivity contribution in [1.29, 1.82) is 0 Å². The van der Waals surface area contributed by atoms with Crippen LogP contribution < -0.4 is 10.6 Å². The summed E-state index contributed by atoms with van der Waals surface area (Å²) >= 11 is 0. The van der Waals surface area contributed by atoms with Gasteiger partial charge in [-0.25, -0.2) is 0 Å². The molecule has 2 aromatic carbocycles. The number of aliphatic carboxylic acids is 1. The van der Waals surface area contributed by atoms with E-state index in [0.717, 1.165) is 17.5 Å². The highest BCUT2D eigenvalue weighted by Crippen LogP contribution is 2.22. The van der Waals surface area contributed by atoms with E-state index in [1.165, 1.54) is 0 Å². The van der Waals surface area contributed by atoms with Crippen molar-refractivity contribution in [2.45, 2.75) is 82.7 Å². The van der Waals surface area contributed by atoms with Gasteiger partial charge in [0.25, 0.3) is 0 Å². The average molecular weight is 552 g/mol. The number of benzene rings is 2. The zero-order valence-electron chi connectivity index (χ0n) is 23.2. The Balaban J connectivity index is 1.59. The molecule has 0 aromatic heterocycles. The van der Waals surface area contributed by atoms with E-state index in [2.05, 4.69) is 10.6 Å². The summed E-state index contributed by atoms with van der Waals surface area (Å²) < 4.78 is 0. The number of phenols is 1. The van der Waals surface area contributed by atoms with Crippen LogP contribution in [0.5, 0.6) is 5.75 Å². The second-order valence-electron chi connectivity index (χ2n) is 10.7. The number of aryl methyl sites for hydroxylation is 1. The number of likely N-dealkylation sites (tertiary alicyclic amines) is 1. The van der Waals surface area contributed by atoms with Crippen LogP contribution >= 0.6 is 0 Å². The molecule has 1 heterocycles. The number of nitrogens with one attached hydrogen (secondary N) is 2. The number of hydrogen-bond acceptors (Lipinski definition) is 5. The van der Waals surface area contributed by atoms with E-state index in [9.17, 15) is 24.3 Å². The van der Waals surface area contributed by atoms with Crippen molar-refractivity contribution >= 4 is 23.7 Å². The fraction of sp³-hybridized carbons (Fsp3) is 0.484. The van der Waals surface area contributed by atoms with Gasteiger partial charge < -0.3 is 25.7 Å². The molecular weight excluding hydrogens is 510 g/mol. The first-order valence-corrected chi connectivity index (χ1v) is 14.1. The first-order chi connectivity index (χ1) is 19.2. The van der Waals surface area contributed by atoms with Gasteiger partial charge in [0.15, 0.2) is 0 Å². The Labute approximate surface area is 236 Å². The largest absolute Gasteiger partial charge is 0.508 e. The summed E-state index contributed by atoms with van der Waals surface area (Å²) in [7, 11) is 0. The number of unbranched alkanes of at least 4 members (excludes halogenated alkanes) is 2. The van der Waals surface area contributed by atoms with Gasteiger partial charge in [0, 0.05) is 32.4 Å². The second kappa shape index (κ2) is 15.1. The van der Waals surface area contributed by atoms with Crippen molar-refractivity contribution in [3.05, 3.63) is 65.7 Å². The van der Waals surface area contributed by atoms with Crippen LogP contribution in [0.4, 0.5) is 0 Å². The van der Waals surface area contributed by atoms with Crippen molar-refractivity contribution in [2.24, 2.45) is 0 Å². The van der Waals surface area contributed by atoms with Crippen molar-refractivity contribution in [2.75, 3.05) is 13.1 Å².